The Labute approximate surface area is 188 Å². The summed E-state index contributed by atoms with van der Waals surface area (Å²) < 4.78 is 7.22. The van der Waals surface area contributed by atoms with Gasteiger partial charge in [-0.25, -0.2) is 0 Å². The molecule has 0 saturated carbocycles. The van der Waals surface area contributed by atoms with Crippen molar-refractivity contribution < 1.29 is 9.53 Å². The van der Waals surface area contributed by atoms with Crippen molar-refractivity contribution in [3.05, 3.63) is 58.6 Å². The third kappa shape index (κ3) is 4.06. The molecule has 8 heteroatoms. The van der Waals surface area contributed by atoms with E-state index in [0.29, 0.717) is 22.4 Å². The maximum atomic E-state index is 12.8. The normalized spacial score (nSPS) is 15.0. The number of aromatic nitrogens is 3. The highest BCUT2D eigenvalue weighted by atomic mass is 79.9. The number of halogens is 1. The molecule has 0 spiro atoms. The van der Waals surface area contributed by atoms with Gasteiger partial charge in [0, 0.05) is 28.3 Å². The molecule has 30 heavy (non-hydrogen) atoms. The lowest BCUT2D eigenvalue weighted by Crippen LogP contribution is -2.36. The highest BCUT2D eigenvalue weighted by Crippen LogP contribution is 2.44. The Bertz CT molecular complexity index is 1080. The maximum Gasteiger partial charge on any atom is 0.247 e. The van der Waals surface area contributed by atoms with Crippen LogP contribution in [-0.2, 0) is 4.79 Å². The first-order chi connectivity index (χ1) is 14.6. The summed E-state index contributed by atoms with van der Waals surface area (Å²) in [6, 6.07) is 15.3. The molecular weight excluding hydrogens is 464 g/mol. The van der Waals surface area contributed by atoms with Gasteiger partial charge in [-0.2, -0.15) is 4.98 Å². The van der Waals surface area contributed by atoms with Crippen molar-refractivity contribution in [3.63, 3.8) is 0 Å². The van der Waals surface area contributed by atoms with Crippen LogP contribution in [0.5, 0.6) is 5.88 Å². The summed E-state index contributed by atoms with van der Waals surface area (Å²) in [6.07, 6.45) is 1.49. The molecule has 0 aliphatic carbocycles. The van der Waals surface area contributed by atoms with E-state index in [1.165, 1.54) is 6.92 Å². The van der Waals surface area contributed by atoms with Gasteiger partial charge < -0.3 is 4.74 Å². The zero-order chi connectivity index (χ0) is 21.1. The van der Waals surface area contributed by atoms with Crippen molar-refractivity contribution in [1.82, 2.24) is 15.2 Å². The predicted octanol–water partition coefficient (Wildman–Crippen LogP) is 5.64. The van der Waals surface area contributed by atoms with E-state index in [2.05, 4.69) is 38.0 Å². The van der Waals surface area contributed by atoms with Crippen LogP contribution < -0.4 is 9.64 Å². The molecular formula is C22H21BrN4O2S. The summed E-state index contributed by atoms with van der Waals surface area (Å²) in [5.41, 5.74) is 2.84. The van der Waals surface area contributed by atoms with Crippen LogP contribution >= 0.6 is 27.7 Å². The number of para-hydroxylation sites is 1. The first-order valence-electron chi connectivity index (χ1n) is 9.78. The second-order valence-electron chi connectivity index (χ2n) is 6.85. The molecule has 3 aromatic rings. The highest BCUT2D eigenvalue weighted by Gasteiger charge is 2.35. The first-order valence-corrected chi connectivity index (χ1v) is 11.6. The molecule has 1 aliphatic rings. The molecule has 0 fully saturated rings. The number of benzene rings is 2. The zero-order valence-corrected chi connectivity index (χ0v) is 19.1. The van der Waals surface area contributed by atoms with Gasteiger partial charge in [-0.1, -0.05) is 77.4 Å². The van der Waals surface area contributed by atoms with E-state index in [4.69, 9.17) is 4.74 Å². The number of carbonyl (C=O) groups excluding carboxylic acids is 1. The molecule has 4 rings (SSSR count). The Hall–Kier alpha value is -2.45. The predicted molar refractivity (Wildman–Crippen MR) is 122 cm³/mol. The lowest BCUT2D eigenvalue weighted by Gasteiger charge is -2.30. The van der Waals surface area contributed by atoms with Crippen LogP contribution in [0.3, 0.4) is 0 Å². The van der Waals surface area contributed by atoms with Gasteiger partial charge >= 0.3 is 0 Å². The molecule has 2 aromatic carbocycles. The van der Waals surface area contributed by atoms with Gasteiger partial charge in [-0.15, -0.1) is 10.2 Å². The molecule has 0 N–H and O–H groups in total. The number of ether oxygens (including phenoxy) is 1. The second-order valence-corrected chi connectivity index (χ2v) is 8.76. The number of rotatable bonds is 5. The fourth-order valence-corrected chi connectivity index (χ4v) is 4.64. The molecule has 6 nitrogen and oxygen atoms in total. The molecule has 154 valence electrons. The van der Waals surface area contributed by atoms with Crippen LogP contribution in [-0.4, -0.2) is 26.8 Å². The first kappa shape index (κ1) is 20.8. The summed E-state index contributed by atoms with van der Waals surface area (Å²) in [5, 5.41) is 9.31. The molecule has 2 heterocycles. The molecule has 1 unspecified atom stereocenters. The Morgan fingerprint density at radius 2 is 1.93 bits per heavy atom. The van der Waals surface area contributed by atoms with Gasteiger partial charge in [0.05, 0.1) is 5.69 Å². The Morgan fingerprint density at radius 1 is 1.17 bits per heavy atom. The molecule has 0 radical (unpaired) electrons. The van der Waals surface area contributed by atoms with Crippen LogP contribution in [0.25, 0.3) is 11.3 Å². The zero-order valence-electron chi connectivity index (χ0n) is 16.7. The number of thioether (sulfide) groups is 1. The number of fused-ring (bicyclic) bond motifs is 3. The molecule has 0 bridgehead atoms. The summed E-state index contributed by atoms with van der Waals surface area (Å²) in [6.45, 7) is 3.68. The quantitative estimate of drug-likeness (QED) is 0.344. The van der Waals surface area contributed by atoms with E-state index < -0.39 is 6.23 Å². The van der Waals surface area contributed by atoms with Crippen LogP contribution in [0.1, 0.15) is 38.5 Å². The lowest BCUT2D eigenvalue weighted by molar-refractivity contribution is -0.118. The molecule has 1 aliphatic heterocycles. The number of nitrogens with zero attached hydrogens (tertiary/aromatic N) is 4. The largest absolute Gasteiger partial charge is 0.447 e. The van der Waals surface area contributed by atoms with Crippen molar-refractivity contribution in [2.24, 2.45) is 0 Å². The van der Waals surface area contributed by atoms with Crippen molar-refractivity contribution in [1.29, 1.82) is 0 Å². The molecule has 1 aromatic heterocycles. The topological polar surface area (TPSA) is 68.2 Å². The summed E-state index contributed by atoms with van der Waals surface area (Å²) in [7, 11) is 0. The van der Waals surface area contributed by atoms with Crippen LogP contribution in [0, 0.1) is 0 Å². The number of anilines is 1. The highest BCUT2D eigenvalue weighted by molar-refractivity contribution is 9.10. The minimum absolute atomic E-state index is 0.137. The number of amides is 1. The van der Waals surface area contributed by atoms with Crippen molar-refractivity contribution in [3.8, 4) is 17.1 Å². The minimum atomic E-state index is -0.689. The number of hydrogen-bond acceptors (Lipinski definition) is 6. The standard InChI is InChI=1S/C22H21BrN4O2S/c1-3-4-13-30-22-24-20-19(25-26-22)16-10-6-8-12-18(16)27(14(2)28)21(29-20)15-9-5-7-11-17(15)23/h5-12,21H,3-4,13H2,1-2H3. The van der Waals surface area contributed by atoms with Gasteiger partial charge in [0.2, 0.25) is 23.2 Å². The van der Waals surface area contributed by atoms with Crippen LogP contribution in [0.4, 0.5) is 5.69 Å². The number of carbonyl (C=O) groups is 1. The third-order valence-corrected chi connectivity index (χ3v) is 6.40. The average Bonchev–Trinajstić information content (AvgIpc) is 2.88. The Balaban J connectivity index is 1.87. The van der Waals surface area contributed by atoms with Crippen molar-refractivity contribution in [2.75, 3.05) is 10.7 Å². The van der Waals surface area contributed by atoms with Crippen molar-refractivity contribution in [2.45, 2.75) is 38.1 Å². The fourth-order valence-electron chi connectivity index (χ4n) is 3.30. The minimum Gasteiger partial charge on any atom is -0.447 e. The molecule has 1 amide bonds. The Kier molecular flexibility index (Phi) is 6.34. The maximum absolute atomic E-state index is 12.8. The molecule has 0 saturated heterocycles. The summed E-state index contributed by atoms with van der Waals surface area (Å²) >= 11 is 5.16. The van der Waals surface area contributed by atoms with E-state index in [-0.39, 0.29) is 5.91 Å². The van der Waals surface area contributed by atoms with Gasteiger partial charge in [0.15, 0.2) is 5.69 Å². The van der Waals surface area contributed by atoms with E-state index in [9.17, 15) is 4.79 Å². The average molecular weight is 485 g/mol. The summed E-state index contributed by atoms with van der Waals surface area (Å²) in [4.78, 5) is 19.1. The van der Waals surface area contributed by atoms with Gasteiger partial charge in [-0.05, 0) is 18.6 Å². The van der Waals surface area contributed by atoms with Gasteiger partial charge in [0.1, 0.15) is 0 Å². The Morgan fingerprint density at radius 3 is 2.70 bits per heavy atom. The van der Waals surface area contributed by atoms with Gasteiger partial charge in [-0.3, -0.25) is 9.69 Å². The monoisotopic (exact) mass is 484 g/mol. The van der Waals surface area contributed by atoms with E-state index in [1.54, 1.807) is 16.7 Å². The van der Waals surface area contributed by atoms with E-state index in [1.807, 2.05) is 48.5 Å². The van der Waals surface area contributed by atoms with E-state index in [0.717, 1.165) is 34.2 Å². The summed E-state index contributed by atoms with van der Waals surface area (Å²) in [5.74, 6) is 1.16. The lowest BCUT2D eigenvalue weighted by atomic mass is 10.1. The SMILES string of the molecule is CCCCSc1nnc2c(n1)OC(c1ccccc1Br)N(C(C)=O)c1ccccc1-2. The van der Waals surface area contributed by atoms with Gasteiger partial charge in [0.25, 0.3) is 0 Å². The number of hydrogen-bond donors (Lipinski definition) is 0. The smallest absolute Gasteiger partial charge is 0.247 e. The second kappa shape index (κ2) is 9.14. The van der Waals surface area contributed by atoms with E-state index >= 15 is 0 Å². The third-order valence-electron chi connectivity index (χ3n) is 4.75. The van der Waals surface area contributed by atoms with Crippen LogP contribution in [0.15, 0.2) is 58.2 Å². The fraction of sp³-hybridized carbons (Fsp3) is 0.273. The van der Waals surface area contributed by atoms with Crippen molar-refractivity contribution >= 4 is 39.3 Å². The van der Waals surface area contributed by atoms with Crippen LogP contribution in [0.2, 0.25) is 0 Å². The number of unbranched alkanes of at least 4 members (excludes halogenated alkanes) is 1. The molecule has 1 atom stereocenters.